The van der Waals surface area contributed by atoms with Crippen LogP contribution in [0.2, 0.25) is 0 Å². The SMILES string of the molecule is CC[C@@H](Cc1ccc2[nH]c(C(=O)NCc3ccccc3)cc2c1)NC[C@@H](O)c1ccc(O)c(CO)c1. The first kappa shape index (κ1) is 25.4. The minimum atomic E-state index is -0.755. The lowest BCUT2D eigenvalue weighted by Crippen LogP contribution is -2.34. The molecule has 0 aliphatic heterocycles. The average Bonchev–Trinajstić information content (AvgIpc) is 3.34. The molecule has 0 fully saturated rings. The maximum Gasteiger partial charge on any atom is 0.267 e. The number of aliphatic hydroxyl groups is 2. The van der Waals surface area contributed by atoms with Crippen LogP contribution in [0, 0.1) is 0 Å². The van der Waals surface area contributed by atoms with Gasteiger partial charge in [0.25, 0.3) is 5.91 Å². The maximum absolute atomic E-state index is 12.6. The zero-order chi connectivity index (χ0) is 25.5. The van der Waals surface area contributed by atoms with Gasteiger partial charge in [0.2, 0.25) is 0 Å². The van der Waals surface area contributed by atoms with E-state index in [2.05, 4.69) is 34.7 Å². The van der Waals surface area contributed by atoms with Gasteiger partial charge >= 0.3 is 0 Å². The number of aromatic nitrogens is 1. The number of hydrogen-bond donors (Lipinski definition) is 6. The van der Waals surface area contributed by atoms with Crippen LogP contribution < -0.4 is 10.6 Å². The molecule has 1 heterocycles. The van der Waals surface area contributed by atoms with Crippen molar-refractivity contribution in [2.45, 2.75) is 45.1 Å². The Kier molecular flexibility index (Phi) is 8.38. The van der Waals surface area contributed by atoms with Crippen LogP contribution in [-0.4, -0.2) is 38.8 Å². The van der Waals surface area contributed by atoms with E-state index in [1.807, 2.05) is 42.5 Å². The molecule has 1 amide bonds. The molecule has 0 aliphatic rings. The molecule has 6 N–H and O–H groups in total. The Morgan fingerprint density at radius 3 is 2.56 bits per heavy atom. The number of hydrogen-bond acceptors (Lipinski definition) is 5. The Balaban J connectivity index is 1.36. The van der Waals surface area contributed by atoms with Gasteiger partial charge in [-0.05, 0) is 59.9 Å². The van der Waals surface area contributed by atoms with Crippen molar-refractivity contribution in [3.8, 4) is 5.75 Å². The van der Waals surface area contributed by atoms with Gasteiger partial charge in [-0.15, -0.1) is 0 Å². The van der Waals surface area contributed by atoms with E-state index in [1.54, 1.807) is 12.1 Å². The van der Waals surface area contributed by atoms with Crippen LogP contribution in [0.15, 0.2) is 72.8 Å². The number of carbonyl (C=O) groups is 1. The third-order valence-corrected chi connectivity index (χ3v) is 6.46. The number of H-pyrrole nitrogens is 1. The Bertz CT molecular complexity index is 1300. The molecule has 2 atom stereocenters. The first-order valence-corrected chi connectivity index (χ1v) is 12.2. The number of benzene rings is 3. The highest BCUT2D eigenvalue weighted by atomic mass is 16.3. The van der Waals surface area contributed by atoms with Gasteiger partial charge in [-0.3, -0.25) is 4.79 Å². The number of rotatable bonds is 11. The smallest absolute Gasteiger partial charge is 0.267 e. The zero-order valence-electron chi connectivity index (χ0n) is 20.4. The molecular weight excluding hydrogens is 454 g/mol. The number of phenols is 1. The highest BCUT2D eigenvalue weighted by molar-refractivity contribution is 5.98. The summed E-state index contributed by atoms with van der Waals surface area (Å²) in [4.78, 5) is 15.8. The number of carbonyl (C=O) groups excluding carboxylic acids is 1. The summed E-state index contributed by atoms with van der Waals surface area (Å²) in [7, 11) is 0. The van der Waals surface area contributed by atoms with Crippen molar-refractivity contribution < 1.29 is 20.1 Å². The van der Waals surface area contributed by atoms with Gasteiger partial charge in [0, 0.05) is 35.6 Å². The van der Waals surface area contributed by atoms with Crippen molar-refractivity contribution in [2.24, 2.45) is 0 Å². The molecule has 3 aromatic carbocycles. The van der Waals surface area contributed by atoms with Gasteiger partial charge < -0.3 is 30.9 Å². The molecule has 188 valence electrons. The second-order valence-corrected chi connectivity index (χ2v) is 9.05. The van der Waals surface area contributed by atoms with Crippen LogP contribution >= 0.6 is 0 Å². The third kappa shape index (κ3) is 6.31. The minimum absolute atomic E-state index is 0.0184. The van der Waals surface area contributed by atoms with Crippen molar-refractivity contribution >= 4 is 16.8 Å². The summed E-state index contributed by atoms with van der Waals surface area (Å²) in [5.74, 6) is -0.123. The van der Waals surface area contributed by atoms with Crippen molar-refractivity contribution in [3.05, 3.63) is 101 Å². The molecule has 36 heavy (non-hydrogen) atoms. The van der Waals surface area contributed by atoms with E-state index < -0.39 is 6.10 Å². The maximum atomic E-state index is 12.6. The number of aliphatic hydroxyl groups excluding tert-OH is 2. The summed E-state index contributed by atoms with van der Waals surface area (Å²) < 4.78 is 0. The van der Waals surface area contributed by atoms with E-state index in [0.29, 0.717) is 29.9 Å². The van der Waals surface area contributed by atoms with Crippen LogP contribution in [0.5, 0.6) is 5.75 Å². The lowest BCUT2D eigenvalue weighted by molar-refractivity contribution is 0.0946. The molecule has 0 radical (unpaired) electrons. The molecule has 0 saturated carbocycles. The molecule has 4 rings (SSSR count). The van der Waals surface area contributed by atoms with E-state index in [4.69, 9.17) is 0 Å². The molecule has 0 unspecified atom stereocenters. The second-order valence-electron chi connectivity index (χ2n) is 9.05. The molecular formula is C29H33N3O4. The van der Waals surface area contributed by atoms with Gasteiger partial charge in [0.15, 0.2) is 0 Å². The van der Waals surface area contributed by atoms with E-state index >= 15 is 0 Å². The van der Waals surface area contributed by atoms with Crippen molar-refractivity contribution in [1.82, 2.24) is 15.6 Å². The molecule has 0 bridgehead atoms. The zero-order valence-corrected chi connectivity index (χ0v) is 20.4. The summed E-state index contributed by atoms with van der Waals surface area (Å²) in [5, 5.41) is 37.0. The Hall–Kier alpha value is -3.65. The highest BCUT2D eigenvalue weighted by Crippen LogP contribution is 2.23. The monoisotopic (exact) mass is 487 g/mol. The Morgan fingerprint density at radius 1 is 1.00 bits per heavy atom. The fraction of sp³-hybridized carbons (Fsp3) is 0.276. The van der Waals surface area contributed by atoms with Crippen molar-refractivity contribution in [2.75, 3.05) is 6.54 Å². The number of nitrogens with one attached hydrogen (secondary N) is 3. The standard InChI is InChI=1S/C29H33N3O4/c1-2-24(30-17-28(35)21-9-11-27(34)23(14-21)18-33)13-20-8-10-25-22(12-20)15-26(32-25)29(36)31-16-19-6-4-3-5-7-19/h3-12,14-15,24,28,30,32-35H,2,13,16-18H2,1H3,(H,31,36)/t24-,28+/m0/s1. The predicted molar refractivity (Wildman–Crippen MR) is 141 cm³/mol. The quantitative estimate of drug-likeness (QED) is 0.192. The predicted octanol–water partition coefficient (Wildman–Crippen LogP) is 3.94. The summed E-state index contributed by atoms with van der Waals surface area (Å²) in [5.41, 5.74) is 4.66. The van der Waals surface area contributed by atoms with E-state index in [-0.39, 0.29) is 24.3 Å². The fourth-order valence-electron chi connectivity index (χ4n) is 4.29. The number of fused-ring (bicyclic) bond motifs is 1. The van der Waals surface area contributed by atoms with Crippen molar-refractivity contribution in [1.29, 1.82) is 0 Å². The summed E-state index contributed by atoms with van der Waals surface area (Å²) in [6.45, 7) is 2.64. The molecule has 7 nitrogen and oxygen atoms in total. The third-order valence-electron chi connectivity index (χ3n) is 6.46. The summed E-state index contributed by atoms with van der Waals surface area (Å²) in [6.07, 6.45) is 0.897. The normalized spacial score (nSPS) is 13.0. The van der Waals surface area contributed by atoms with Crippen molar-refractivity contribution in [3.63, 3.8) is 0 Å². The van der Waals surface area contributed by atoms with Gasteiger partial charge in [-0.1, -0.05) is 49.4 Å². The lowest BCUT2D eigenvalue weighted by atomic mass is 10.0. The molecule has 7 heteroatoms. The van der Waals surface area contributed by atoms with E-state index in [0.717, 1.165) is 34.9 Å². The van der Waals surface area contributed by atoms with Gasteiger partial charge in [-0.25, -0.2) is 0 Å². The largest absolute Gasteiger partial charge is 0.508 e. The first-order valence-electron chi connectivity index (χ1n) is 12.2. The number of aromatic hydroxyl groups is 1. The van der Waals surface area contributed by atoms with Crippen LogP contribution in [0.1, 0.15) is 52.2 Å². The molecule has 0 aliphatic carbocycles. The molecule has 0 spiro atoms. The van der Waals surface area contributed by atoms with Crippen LogP contribution in [0.3, 0.4) is 0 Å². The van der Waals surface area contributed by atoms with Gasteiger partial charge in [0.05, 0.1) is 12.7 Å². The minimum Gasteiger partial charge on any atom is -0.508 e. The second kappa shape index (κ2) is 11.9. The first-order chi connectivity index (χ1) is 17.5. The van der Waals surface area contributed by atoms with Crippen LogP contribution in [0.4, 0.5) is 0 Å². The van der Waals surface area contributed by atoms with Crippen LogP contribution in [0.25, 0.3) is 10.9 Å². The molecule has 0 saturated heterocycles. The number of aromatic amines is 1. The Labute approximate surface area is 210 Å². The van der Waals surface area contributed by atoms with E-state index in [9.17, 15) is 20.1 Å². The Morgan fingerprint density at radius 2 is 1.81 bits per heavy atom. The summed E-state index contributed by atoms with van der Waals surface area (Å²) in [6, 6.07) is 22.7. The van der Waals surface area contributed by atoms with Gasteiger partial charge in [-0.2, -0.15) is 0 Å². The average molecular weight is 488 g/mol. The van der Waals surface area contributed by atoms with Crippen LogP contribution in [-0.2, 0) is 19.6 Å². The topological polar surface area (TPSA) is 118 Å². The fourth-order valence-corrected chi connectivity index (χ4v) is 4.29. The molecule has 4 aromatic rings. The highest BCUT2D eigenvalue weighted by Gasteiger charge is 2.15. The van der Waals surface area contributed by atoms with Gasteiger partial charge in [0.1, 0.15) is 11.4 Å². The lowest BCUT2D eigenvalue weighted by Gasteiger charge is -2.20. The number of amides is 1. The summed E-state index contributed by atoms with van der Waals surface area (Å²) >= 11 is 0. The molecule has 1 aromatic heterocycles. The van der Waals surface area contributed by atoms with E-state index in [1.165, 1.54) is 6.07 Å².